The molecular formula is C16H28N4. The van der Waals surface area contributed by atoms with E-state index in [2.05, 4.69) is 47.2 Å². The van der Waals surface area contributed by atoms with Crippen LogP contribution in [0, 0.1) is 0 Å². The van der Waals surface area contributed by atoms with Gasteiger partial charge in [0.05, 0.1) is 5.69 Å². The molecule has 0 aliphatic carbocycles. The first-order valence-corrected chi connectivity index (χ1v) is 7.76. The lowest BCUT2D eigenvalue weighted by Crippen LogP contribution is -2.44. The Balaban J connectivity index is 1.91. The number of pyridine rings is 1. The maximum absolute atomic E-state index is 4.51. The van der Waals surface area contributed by atoms with Crippen molar-refractivity contribution in [1.29, 1.82) is 0 Å². The van der Waals surface area contributed by atoms with Gasteiger partial charge in [0, 0.05) is 37.6 Å². The fourth-order valence-corrected chi connectivity index (χ4v) is 2.83. The van der Waals surface area contributed by atoms with Gasteiger partial charge in [0.15, 0.2) is 0 Å². The van der Waals surface area contributed by atoms with Gasteiger partial charge in [-0.15, -0.1) is 0 Å². The third-order valence-corrected chi connectivity index (χ3v) is 4.03. The van der Waals surface area contributed by atoms with Crippen LogP contribution in [-0.4, -0.2) is 54.6 Å². The molecule has 1 saturated heterocycles. The van der Waals surface area contributed by atoms with Crippen molar-refractivity contribution < 1.29 is 0 Å². The van der Waals surface area contributed by atoms with Gasteiger partial charge in [-0.05, 0) is 52.0 Å². The van der Waals surface area contributed by atoms with Gasteiger partial charge in [-0.2, -0.15) is 0 Å². The van der Waals surface area contributed by atoms with Crippen LogP contribution in [0.5, 0.6) is 0 Å². The van der Waals surface area contributed by atoms with Crippen LogP contribution in [0.3, 0.4) is 0 Å². The number of hydrogen-bond donors (Lipinski definition) is 1. The Labute approximate surface area is 123 Å². The van der Waals surface area contributed by atoms with Crippen molar-refractivity contribution in [3.8, 4) is 0 Å². The maximum Gasteiger partial charge on any atom is 0.0564 e. The highest BCUT2D eigenvalue weighted by atomic mass is 15.2. The third-order valence-electron chi connectivity index (χ3n) is 4.03. The topological polar surface area (TPSA) is 31.4 Å². The lowest BCUT2D eigenvalue weighted by Gasteiger charge is -2.35. The van der Waals surface area contributed by atoms with E-state index in [9.17, 15) is 0 Å². The molecule has 0 spiro atoms. The Kier molecular flexibility index (Phi) is 5.80. The minimum absolute atomic E-state index is 0.655. The molecule has 112 valence electrons. The van der Waals surface area contributed by atoms with E-state index in [1.165, 1.54) is 31.6 Å². The van der Waals surface area contributed by atoms with Gasteiger partial charge in [-0.3, -0.25) is 9.88 Å². The Bertz CT molecular complexity index is 407. The summed E-state index contributed by atoms with van der Waals surface area (Å²) in [6.45, 7) is 6.54. The Hall–Kier alpha value is -1.13. The smallest absolute Gasteiger partial charge is 0.0564 e. The minimum Gasteiger partial charge on any atom is -0.385 e. The Morgan fingerprint density at radius 1 is 1.50 bits per heavy atom. The number of aromatic nitrogens is 1. The molecule has 1 atom stereocenters. The monoisotopic (exact) mass is 276 g/mol. The highest BCUT2D eigenvalue weighted by Crippen LogP contribution is 2.16. The standard InChI is InChI=1S/C16H28N4/c1-4-8-17-14-7-9-18-15(11-14)12-20(3)16-6-5-10-19(2)13-16/h7,9,11,16H,4-6,8,10,12-13H2,1-3H3,(H,17,18). The molecule has 1 fully saturated rings. The van der Waals surface area contributed by atoms with Crippen LogP contribution in [0.15, 0.2) is 18.3 Å². The average molecular weight is 276 g/mol. The highest BCUT2D eigenvalue weighted by Gasteiger charge is 2.21. The van der Waals surface area contributed by atoms with Gasteiger partial charge >= 0.3 is 0 Å². The molecule has 1 aliphatic rings. The van der Waals surface area contributed by atoms with Crippen molar-refractivity contribution in [2.24, 2.45) is 0 Å². The van der Waals surface area contributed by atoms with Gasteiger partial charge < -0.3 is 10.2 Å². The van der Waals surface area contributed by atoms with Crippen molar-refractivity contribution in [3.63, 3.8) is 0 Å². The molecule has 1 unspecified atom stereocenters. The van der Waals surface area contributed by atoms with E-state index in [-0.39, 0.29) is 0 Å². The molecule has 1 aliphatic heterocycles. The summed E-state index contributed by atoms with van der Waals surface area (Å²) in [4.78, 5) is 9.38. The second-order valence-electron chi connectivity index (χ2n) is 5.94. The zero-order valence-corrected chi connectivity index (χ0v) is 13.1. The van der Waals surface area contributed by atoms with Crippen LogP contribution in [0.1, 0.15) is 31.9 Å². The minimum atomic E-state index is 0.655. The molecular weight excluding hydrogens is 248 g/mol. The number of likely N-dealkylation sites (tertiary alicyclic amines) is 1. The molecule has 4 heteroatoms. The number of piperidine rings is 1. The SMILES string of the molecule is CCCNc1ccnc(CN(C)C2CCCN(C)C2)c1. The van der Waals surface area contributed by atoms with Gasteiger partial charge in [-0.1, -0.05) is 6.92 Å². The highest BCUT2D eigenvalue weighted by molar-refractivity contribution is 5.43. The summed E-state index contributed by atoms with van der Waals surface area (Å²) >= 11 is 0. The van der Waals surface area contributed by atoms with E-state index in [1.54, 1.807) is 0 Å². The first-order valence-electron chi connectivity index (χ1n) is 7.76. The van der Waals surface area contributed by atoms with Crippen molar-refractivity contribution in [2.45, 2.75) is 38.8 Å². The van der Waals surface area contributed by atoms with Gasteiger partial charge in [0.2, 0.25) is 0 Å². The van der Waals surface area contributed by atoms with Crippen molar-refractivity contribution >= 4 is 5.69 Å². The van der Waals surface area contributed by atoms with Gasteiger partial charge in [-0.25, -0.2) is 0 Å². The van der Waals surface area contributed by atoms with E-state index in [4.69, 9.17) is 0 Å². The molecule has 0 amide bonds. The molecule has 4 nitrogen and oxygen atoms in total. The summed E-state index contributed by atoms with van der Waals surface area (Å²) in [6.07, 6.45) is 5.66. The summed E-state index contributed by atoms with van der Waals surface area (Å²) in [5, 5.41) is 3.43. The molecule has 2 rings (SSSR count). The number of anilines is 1. The van der Waals surface area contributed by atoms with Crippen LogP contribution in [0.4, 0.5) is 5.69 Å². The largest absolute Gasteiger partial charge is 0.385 e. The molecule has 0 saturated carbocycles. The lowest BCUT2D eigenvalue weighted by atomic mass is 10.0. The lowest BCUT2D eigenvalue weighted by molar-refractivity contribution is 0.128. The van der Waals surface area contributed by atoms with E-state index >= 15 is 0 Å². The van der Waals surface area contributed by atoms with E-state index in [0.29, 0.717) is 6.04 Å². The third kappa shape index (κ3) is 4.46. The zero-order valence-electron chi connectivity index (χ0n) is 13.1. The first kappa shape index (κ1) is 15.3. The summed E-state index contributed by atoms with van der Waals surface area (Å²) in [6, 6.07) is 4.88. The Morgan fingerprint density at radius 2 is 2.35 bits per heavy atom. The van der Waals surface area contributed by atoms with Crippen LogP contribution in [-0.2, 0) is 6.54 Å². The number of likely N-dealkylation sites (N-methyl/N-ethyl adjacent to an activating group) is 2. The number of hydrogen-bond acceptors (Lipinski definition) is 4. The van der Waals surface area contributed by atoms with Gasteiger partial charge in [0.25, 0.3) is 0 Å². The van der Waals surface area contributed by atoms with Gasteiger partial charge in [0.1, 0.15) is 0 Å². The first-order chi connectivity index (χ1) is 9.69. The van der Waals surface area contributed by atoms with E-state index < -0.39 is 0 Å². The normalized spacial score (nSPS) is 20.3. The molecule has 1 aromatic rings. The van der Waals surface area contributed by atoms with E-state index in [0.717, 1.165) is 25.2 Å². The second-order valence-corrected chi connectivity index (χ2v) is 5.94. The summed E-state index contributed by atoms with van der Waals surface area (Å²) in [5.74, 6) is 0. The summed E-state index contributed by atoms with van der Waals surface area (Å²) < 4.78 is 0. The fourth-order valence-electron chi connectivity index (χ4n) is 2.83. The number of nitrogens with zero attached hydrogens (tertiary/aromatic N) is 3. The van der Waals surface area contributed by atoms with Crippen LogP contribution in [0.25, 0.3) is 0 Å². The maximum atomic E-state index is 4.51. The number of nitrogens with one attached hydrogen (secondary N) is 1. The Morgan fingerprint density at radius 3 is 3.10 bits per heavy atom. The van der Waals surface area contributed by atoms with Crippen molar-refractivity contribution in [3.05, 3.63) is 24.0 Å². The molecule has 20 heavy (non-hydrogen) atoms. The van der Waals surface area contributed by atoms with Crippen molar-refractivity contribution in [1.82, 2.24) is 14.8 Å². The number of rotatable bonds is 6. The van der Waals surface area contributed by atoms with E-state index in [1.807, 2.05) is 12.3 Å². The molecule has 1 N–H and O–H groups in total. The average Bonchev–Trinajstić information content (AvgIpc) is 2.45. The summed E-state index contributed by atoms with van der Waals surface area (Å²) in [7, 11) is 4.44. The molecule has 0 radical (unpaired) electrons. The molecule has 2 heterocycles. The predicted octanol–water partition coefficient (Wildman–Crippen LogP) is 2.43. The van der Waals surface area contributed by atoms with Crippen LogP contribution in [0.2, 0.25) is 0 Å². The zero-order chi connectivity index (χ0) is 14.4. The van der Waals surface area contributed by atoms with Crippen LogP contribution >= 0.6 is 0 Å². The summed E-state index contributed by atoms with van der Waals surface area (Å²) in [5.41, 5.74) is 2.34. The van der Waals surface area contributed by atoms with Crippen LogP contribution < -0.4 is 5.32 Å². The molecule has 0 aromatic carbocycles. The fraction of sp³-hybridized carbons (Fsp3) is 0.688. The molecule has 1 aromatic heterocycles. The predicted molar refractivity (Wildman–Crippen MR) is 85.0 cm³/mol. The quantitative estimate of drug-likeness (QED) is 0.864. The van der Waals surface area contributed by atoms with Crippen molar-refractivity contribution in [2.75, 3.05) is 39.0 Å². The molecule has 0 bridgehead atoms. The second kappa shape index (κ2) is 7.60.